The monoisotopic (exact) mass is 443 g/mol. The lowest BCUT2D eigenvalue weighted by Gasteiger charge is -2.42. The maximum atomic E-state index is 13.1. The van der Waals surface area contributed by atoms with Crippen LogP contribution in [0.5, 0.6) is 0 Å². The number of nitrogens with one attached hydrogen (secondary N) is 1. The van der Waals surface area contributed by atoms with Crippen LogP contribution >= 0.6 is 24.8 Å². The number of methoxy groups -OCH3 is 1. The number of halogens is 4. The highest BCUT2D eigenvalue weighted by molar-refractivity contribution is 5.85. The Kier molecular flexibility index (Phi) is 10.1. The van der Waals surface area contributed by atoms with Gasteiger partial charge in [-0.15, -0.1) is 24.8 Å². The molecule has 0 aliphatic carbocycles. The summed E-state index contributed by atoms with van der Waals surface area (Å²) in [5.41, 5.74) is -0.436. The average molecular weight is 444 g/mol. The van der Waals surface area contributed by atoms with Crippen molar-refractivity contribution in [1.29, 1.82) is 0 Å². The molecule has 1 aromatic rings. The lowest BCUT2D eigenvalue weighted by molar-refractivity contribution is -0.149. The molecule has 0 bridgehead atoms. The molecule has 0 spiro atoms. The first-order valence-electron chi connectivity index (χ1n) is 9.07. The van der Waals surface area contributed by atoms with Crippen molar-refractivity contribution in [2.75, 3.05) is 53.0 Å². The number of piperazine rings is 1. The van der Waals surface area contributed by atoms with Gasteiger partial charge in [-0.25, -0.2) is 4.98 Å². The van der Waals surface area contributed by atoms with E-state index in [1.807, 2.05) is 4.90 Å². The zero-order valence-electron chi connectivity index (χ0n) is 16.0. The third-order valence-corrected chi connectivity index (χ3v) is 5.42. The lowest BCUT2D eigenvalue weighted by atomic mass is 9.78. The van der Waals surface area contributed by atoms with E-state index in [-0.39, 0.29) is 30.7 Å². The molecule has 2 aliphatic heterocycles. The predicted molar refractivity (Wildman–Crippen MR) is 106 cm³/mol. The van der Waals surface area contributed by atoms with Gasteiger partial charge in [-0.2, -0.15) is 8.78 Å². The largest absolute Gasteiger partial charge is 0.384 e. The Morgan fingerprint density at radius 3 is 2.46 bits per heavy atom. The van der Waals surface area contributed by atoms with Crippen molar-refractivity contribution in [3.8, 4) is 0 Å². The quantitative estimate of drug-likeness (QED) is 0.725. The third kappa shape index (κ3) is 5.54. The summed E-state index contributed by atoms with van der Waals surface area (Å²) in [6.45, 7) is 2.40. The smallest absolute Gasteiger partial charge is 0.319 e. The minimum absolute atomic E-state index is 0. The first kappa shape index (κ1) is 25.0. The Morgan fingerprint density at radius 2 is 1.89 bits per heavy atom. The first-order valence-corrected chi connectivity index (χ1v) is 9.07. The molecule has 11 heteroatoms. The van der Waals surface area contributed by atoms with Crippen molar-refractivity contribution in [3.05, 3.63) is 18.2 Å². The van der Waals surface area contributed by atoms with Gasteiger partial charge in [-0.05, 0) is 25.9 Å². The molecule has 0 radical (unpaired) electrons. The summed E-state index contributed by atoms with van der Waals surface area (Å²) in [6.07, 6.45) is 4.26. The molecule has 1 N–H and O–H groups in total. The van der Waals surface area contributed by atoms with Gasteiger partial charge in [0.05, 0.1) is 18.6 Å². The first-order chi connectivity index (χ1) is 12.6. The number of carbonyl (C=O) groups is 1. The zero-order chi connectivity index (χ0) is 18.6. The maximum Gasteiger partial charge on any atom is 0.319 e. The van der Waals surface area contributed by atoms with E-state index in [1.54, 1.807) is 7.11 Å². The molecule has 0 unspecified atom stereocenters. The molecular weight excluding hydrogens is 415 g/mol. The van der Waals surface area contributed by atoms with E-state index in [2.05, 4.69) is 15.2 Å². The third-order valence-electron chi connectivity index (χ3n) is 5.42. The summed E-state index contributed by atoms with van der Waals surface area (Å²) < 4.78 is 32.1. The number of ether oxygens (including phenoxy) is 1. The summed E-state index contributed by atoms with van der Waals surface area (Å²) in [5, 5.41) is 3.30. The fourth-order valence-electron chi connectivity index (χ4n) is 3.89. The number of rotatable bonds is 6. The van der Waals surface area contributed by atoms with Gasteiger partial charge in [0.15, 0.2) is 0 Å². The van der Waals surface area contributed by atoms with Crippen LogP contribution < -0.4 is 5.32 Å². The SMILES string of the molecule is COCC1(C(=O)N2CCN(Cc3nccn3C(F)F)CC2)CCNCC1.Cl.Cl. The predicted octanol–water partition coefficient (Wildman–Crippen LogP) is 1.78. The zero-order valence-corrected chi connectivity index (χ0v) is 17.6. The van der Waals surface area contributed by atoms with Crippen LogP contribution in [-0.2, 0) is 16.1 Å². The molecule has 2 fully saturated rings. The van der Waals surface area contributed by atoms with Gasteiger partial charge in [0, 0.05) is 45.7 Å². The molecule has 1 aromatic heterocycles. The van der Waals surface area contributed by atoms with Crippen molar-refractivity contribution in [2.24, 2.45) is 5.41 Å². The number of carbonyl (C=O) groups excluding carboxylic acids is 1. The van der Waals surface area contributed by atoms with Gasteiger partial charge in [-0.1, -0.05) is 0 Å². The van der Waals surface area contributed by atoms with Gasteiger partial charge >= 0.3 is 6.55 Å². The van der Waals surface area contributed by atoms with Crippen LogP contribution in [0.4, 0.5) is 8.78 Å². The van der Waals surface area contributed by atoms with Crippen LogP contribution in [0, 0.1) is 5.41 Å². The topological polar surface area (TPSA) is 62.6 Å². The van der Waals surface area contributed by atoms with E-state index >= 15 is 0 Å². The number of nitrogens with zero attached hydrogens (tertiary/aromatic N) is 4. The van der Waals surface area contributed by atoms with Crippen molar-refractivity contribution in [2.45, 2.75) is 25.9 Å². The highest BCUT2D eigenvalue weighted by atomic mass is 35.5. The summed E-state index contributed by atoms with van der Waals surface area (Å²) in [7, 11) is 1.64. The number of aromatic nitrogens is 2. The van der Waals surface area contributed by atoms with Crippen LogP contribution in [0.1, 0.15) is 25.2 Å². The molecule has 2 aliphatic rings. The van der Waals surface area contributed by atoms with E-state index in [4.69, 9.17) is 4.74 Å². The van der Waals surface area contributed by atoms with Crippen molar-refractivity contribution < 1.29 is 18.3 Å². The number of hydrogen-bond acceptors (Lipinski definition) is 5. The minimum atomic E-state index is -2.58. The highest BCUT2D eigenvalue weighted by Gasteiger charge is 2.42. The fourth-order valence-corrected chi connectivity index (χ4v) is 3.89. The summed E-state index contributed by atoms with van der Waals surface area (Å²) in [6, 6.07) is 0. The minimum Gasteiger partial charge on any atom is -0.384 e. The van der Waals surface area contributed by atoms with E-state index < -0.39 is 12.0 Å². The Hall–Kier alpha value is -1.00. The number of alkyl halides is 2. The van der Waals surface area contributed by atoms with Gasteiger partial charge in [-0.3, -0.25) is 14.3 Å². The Morgan fingerprint density at radius 1 is 1.25 bits per heavy atom. The molecule has 3 heterocycles. The normalized spacial score (nSPS) is 19.8. The summed E-state index contributed by atoms with van der Waals surface area (Å²) in [5.74, 6) is 0.517. The summed E-state index contributed by atoms with van der Waals surface area (Å²) in [4.78, 5) is 21.1. The average Bonchev–Trinajstić information content (AvgIpc) is 3.11. The molecule has 28 heavy (non-hydrogen) atoms. The van der Waals surface area contributed by atoms with Crippen molar-refractivity contribution in [1.82, 2.24) is 24.7 Å². The summed E-state index contributed by atoms with van der Waals surface area (Å²) >= 11 is 0. The maximum absolute atomic E-state index is 13.1. The Balaban J connectivity index is 0.00000196. The molecule has 2 saturated heterocycles. The highest BCUT2D eigenvalue weighted by Crippen LogP contribution is 2.32. The second-order valence-electron chi connectivity index (χ2n) is 7.06. The molecule has 3 rings (SSSR count). The number of amides is 1. The molecule has 0 aromatic carbocycles. The lowest BCUT2D eigenvalue weighted by Crippen LogP contribution is -2.56. The van der Waals surface area contributed by atoms with Crippen molar-refractivity contribution >= 4 is 30.7 Å². The van der Waals surface area contributed by atoms with Gasteiger partial charge in [0.1, 0.15) is 5.82 Å². The number of imidazole rings is 1. The fraction of sp³-hybridized carbons (Fsp3) is 0.765. The number of hydrogen-bond donors (Lipinski definition) is 1. The van der Waals surface area contributed by atoms with E-state index in [1.165, 1.54) is 12.4 Å². The van der Waals surface area contributed by atoms with Crippen LogP contribution in [-0.4, -0.2) is 78.2 Å². The number of piperidine rings is 1. The van der Waals surface area contributed by atoms with Crippen LogP contribution in [0.2, 0.25) is 0 Å². The Labute approximate surface area is 176 Å². The van der Waals surface area contributed by atoms with Gasteiger partial charge in [0.25, 0.3) is 0 Å². The standard InChI is InChI=1S/C17H27F2N5O2.2ClH/c1-26-13-17(2-4-20-5-3-17)15(25)23-10-8-22(9-11-23)12-14-21-6-7-24(14)16(18)19;;/h6-7,16,20H,2-5,8-13H2,1H3;2*1H. The molecule has 162 valence electrons. The van der Waals surface area contributed by atoms with Gasteiger partial charge < -0.3 is 15.0 Å². The molecule has 1 amide bonds. The van der Waals surface area contributed by atoms with Crippen LogP contribution in [0.3, 0.4) is 0 Å². The van der Waals surface area contributed by atoms with Crippen LogP contribution in [0.25, 0.3) is 0 Å². The van der Waals surface area contributed by atoms with Crippen LogP contribution in [0.15, 0.2) is 12.4 Å². The molecule has 0 saturated carbocycles. The van der Waals surface area contributed by atoms with Gasteiger partial charge in [0.2, 0.25) is 5.91 Å². The molecule has 0 atom stereocenters. The second-order valence-corrected chi connectivity index (χ2v) is 7.06. The van der Waals surface area contributed by atoms with E-state index in [9.17, 15) is 13.6 Å². The molecule has 7 nitrogen and oxygen atoms in total. The molecular formula is C17H29Cl2F2N5O2. The van der Waals surface area contributed by atoms with E-state index in [0.29, 0.717) is 45.2 Å². The second kappa shape index (κ2) is 11.3. The van der Waals surface area contributed by atoms with E-state index in [0.717, 1.165) is 30.5 Å². The Bertz CT molecular complexity index is 601. The van der Waals surface area contributed by atoms with Crippen molar-refractivity contribution in [3.63, 3.8) is 0 Å².